The van der Waals surface area contributed by atoms with Crippen molar-refractivity contribution >= 4 is 17.5 Å². The predicted molar refractivity (Wildman–Crippen MR) is 108 cm³/mol. The van der Waals surface area contributed by atoms with E-state index in [0.29, 0.717) is 23.9 Å². The Morgan fingerprint density at radius 3 is 2.86 bits per heavy atom. The summed E-state index contributed by atoms with van der Waals surface area (Å²) in [5.41, 5.74) is 5.60. The lowest BCUT2D eigenvalue weighted by molar-refractivity contribution is 0.229. The van der Waals surface area contributed by atoms with Gasteiger partial charge in [0.1, 0.15) is 18.1 Å². The molecule has 7 nitrogen and oxygen atoms in total. The van der Waals surface area contributed by atoms with Crippen LogP contribution in [0.1, 0.15) is 28.7 Å². The molecule has 2 aromatic heterocycles. The molecule has 142 valence electrons. The van der Waals surface area contributed by atoms with E-state index in [1.165, 1.54) is 0 Å². The topological polar surface area (TPSA) is 70.1 Å². The third kappa shape index (κ3) is 2.58. The van der Waals surface area contributed by atoms with Crippen LogP contribution in [-0.4, -0.2) is 37.0 Å². The normalized spacial score (nSPS) is 17.0. The zero-order valence-electron chi connectivity index (χ0n) is 15.2. The number of fused-ring (bicyclic) bond motifs is 5. The minimum atomic E-state index is -0.0902. The summed E-state index contributed by atoms with van der Waals surface area (Å²) in [6, 6.07) is 15.8. The first-order valence-corrected chi connectivity index (χ1v) is 9.68. The van der Waals surface area contributed by atoms with Crippen LogP contribution in [0.25, 0.3) is 11.4 Å². The Morgan fingerprint density at radius 1 is 1.07 bits per heavy atom. The summed E-state index contributed by atoms with van der Waals surface area (Å²) < 4.78 is 10.1. The van der Waals surface area contributed by atoms with Crippen molar-refractivity contribution in [3.8, 4) is 11.4 Å². The fourth-order valence-electron chi connectivity index (χ4n) is 3.90. The number of imidazole rings is 1. The minimum absolute atomic E-state index is 0.0902. The smallest absolute Gasteiger partial charge is 0.238 e. The Balaban J connectivity index is 1.44. The number of halogens is 1. The first-order chi connectivity index (χ1) is 14.3. The average molecular weight is 403 g/mol. The van der Waals surface area contributed by atoms with Gasteiger partial charge in [0.05, 0.1) is 35.5 Å². The first-order valence-electron chi connectivity index (χ1n) is 9.30. The van der Waals surface area contributed by atoms with Gasteiger partial charge >= 0.3 is 0 Å². The van der Waals surface area contributed by atoms with Crippen molar-refractivity contribution in [2.45, 2.75) is 12.5 Å². The molecule has 0 spiro atoms. The zero-order chi connectivity index (χ0) is 19.4. The second kappa shape index (κ2) is 6.28. The average Bonchev–Trinajstić information content (AvgIpc) is 3.48. The van der Waals surface area contributed by atoms with Crippen molar-refractivity contribution in [2.75, 3.05) is 6.54 Å². The summed E-state index contributed by atoms with van der Waals surface area (Å²) in [6.07, 6.45) is 4.08. The van der Waals surface area contributed by atoms with Gasteiger partial charge in [0.25, 0.3) is 0 Å². The molecule has 29 heavy (non-hydrogen) atoms. The van der Waals surface area contributed by atoms with Crippen molar-refractivity contribution < 1.29 is 4.74 Å². The van der Waals surface area contributed by atoms with Crippen molar-refractivity contribution in [1.29, 1.82) is 0 Å². The van der Waals surface area contributed by atoms with Gasteiger partial charge in [0.2, 0.25) is 5.90 Å². The molecular weight excluding hydrogens is 388 g/mol. The number of benzene rings is 2. The van der Waals surface area contributed by atoms with E-state index in [4.69, 9.17) is 16.3 Å². The molecule has 1 atom stereocenters. The van der Waals surface area contributed by atoms with E-state index in [0.717, 1.165) is 34.0 Å². The van der Waals surface area contributed by atoms with E-state index in [1.807, 2.05) is 41.1 Å². The fourth-order valence-corrected chi connectivity index (χ4v) is 4.06. The lowest BCUT2D eigenvalue weighted by Crippen LogP contribution is -2.10. The molecule has 6 rings (SSSR count). The maximum atomic E-state index is 6.25. The van der Waals surface area contributed by atoms with E-state index in [2.05, 4.69) is 37.0 Å². The second-order valence-electron chi connectivity index (χ2n) is 7.02. The number of aliphatic imine (C=N–C) groups is 1. The van der Waals surface area contributed by atoms with Crippen LogP contribution in [0.5, 0.6) is 0 Å². The number of hydrogen-bond donors (Lipinski definition) is 0. The third-order valence-corrected chi connectivity index (χ3v) is 5.52. The Bertz CT molecular complexity index is 1260. The zero-order valence-corrected chi connectivity index (χ0v) is 16.0. The Morgan fingerprint density at radius 2 is 1.97 bits per heavy atom. The largest absolute Gasteiger partial charge is 0.466 e. The molecule has 0 aliphatic carbocycles. The number of rotatable bonds is 2. The van der Waals surface area contributed by atoms with Gasteiger partial charge in [-0.25, -0.2) is 14.7 Å². The highest BCUT2D eigenvalue weighted by Crippen LogP contribution is 2.32. The van der Waals surface area contributed by atoms with Crippen molar-refractivity contribution in [3.05, 3.63) is 88.7 Å². The van der Waals surface area contributed by atoms with Gasteiger partial charge in [0, 0.05) is 11.4 Å². The van der Waals surface area contributed by atoms with Crippen LogP contribution in [0.3, 0.4) is 0 Å². The maximum Gasteiger partial charge on any atom is 0.238 e. The molecule has 4 aromatic rings. The van der Waals surface area contributed by atoms with Crippen molar-refractivity contribution in [3.63, 3.8) is 0 Å². The molecule has 0 amide bonds. The monoisotopic (exact) mass is 402 g/mol. The summed E-state index contributed by atoms with van der Waals surface area (Å²) in [7, 11) is 0. The Kier molecular flexibility index (Phi) is 3.57. The first kappa shape index (κ1) is 16.5. The van der Waals surface area contributed by atoms with Crippen LogP contribution in [0.4, 0.5) is 0 Å². The van der Waals surface area contributed by atoms with Crippen LogP contribution in [0.2, 0.25) is 5.02 Å². The highest BCUT2D eigenvalue weighted by Gasteiger charge is 2.30. The third-order valence-electron chi connectivity index (χ3n) is 5.29. The molecule has 2 aliphatic rings. The molecule has 0 saturated carbocycles. The molecular formula is C21H15ClN6O. The highest BCUT2D eigenvalue weighted by atomic mass is 35.5. The summed E-state index contributed by atoms with van der Waals surface area (Å²) in [5.74, 6) is 0.573. The molecule has 0 unspecified atom stereocenters. The molecule has 2 aliphatic heterocycles. The summed E-state index contributed by atoms with van der Waals surface area (Å²) in [6.45, 7) is 0.581. The van der Waals surface area contributed by atoms with Crippen LogP contribution in [0, 0.1) is 0 Å². The van der Waals surface area contributed by atoms with Crippen LogP contribution in [0.15, 0.2) is 66.0 Å². The molecule has 2 aromatic carbocycles. The Labute approximate surface area is 171 Å². The second-order valence-corrected chi connectivity index (χ2v) is 7.46. The van der Waals surface area contributed by atoms with Crippen LogP contribution in [-0.2, 0) is 11.2 Å². The van der Waals surface area contributed by atoms with E-state index in [9.17, 15) is 0 Å². The highest BCUT2D eigenvalue weighted by molar-refractivity contribution is 6.30. The van der Waals surface area contributed by atoms with Crippen molar-refractivity contribution in [2.24, 2.45) is 4.99 Å². The fraction of sp³-hybridized carbons (Fsp3) is 0.143. The number of hydrogen-bond acceptors (Lipinski definition) is 5. The lowest BCUT2D eigenvalue weighted by atomic mass is 10.1. The van der Waals surface area contributed by atoms with E-state index in [-0.39, 0.29) is 6.10 Å². The van der Waals surface area contributed by atoms with Gasteiger partial charge in [-0.1, -0.05) is 47.1 Å². The molecule has 0 saturated heterocycles. The van der Waals surface area contributed by atoms with Gasteiger partial charge in [-0.15, -0.1) is 5.10 Å². The molecule has 0 bridgehead atoms. The number of aromatic nitrogens is 5. The quantitative estimate of drug-likeness (QED) is 0.453. The SMILES string of the molecule is Clc1ccc2c(c1)-n1nncc1Cc1c(C3=NC[C@@H](c4ccccc4)O3)ncn1-2. The molecule has 0 radical (unpaired) electrons. The maximum absolute atomic E-state index is 6.25. The van der Waals surface area contributed by atoms with E-state index in [1.54, 1.807) is 12.5 Å². The minimum Gasteiger partial charge on any atom is -0.466 e. The predicted octanol–water partition coefficient (Wildman–Crippen LogP) is 3.53. The van der Waals surface area contributed by atoms with Gasteiger partial charge < -0.3 is 4.74 Å². The van der Waals surface area contributed by atoms with E-state index >= 15 is 0 Å². The summed E-state index contributed by atoms with van der Waals surface area (Å²) in [5, 5.41) is 8.98. The van der Waals surface area contributed by atoms with Gasteiger partial charge in [0.15, 0.2) is 0 Å². The van der Waals surface area contributed by atoms with Gasteiger partial charge in [-0.3, -0.25) is 4.57 Å². The standard InChI is InChI=1S/C21H15ClN6O/c22-14-6-7-16-17(8-14)28-15(10-25-26-28)9-18-20(24-12-27(16)18)21-23-11-19(29-21)13-4-2-1-3-5-13/h1-8,10,12,19H,9,11H2/t19-/m0/s1. The molecule has 4 heterocycles. The number of nitrogens with zero attached hydrogens (tertiary/aromatic N) is 6. The summed E-state index contributed by atoms with van der Waals surface area (Å²) >= 11 is 6.25. The molecule has 8 heteroatoms. The van der Waals surface area contributed by atoms with Crippen LogP contribution < -0.4 is 0 Å². The van der Waals surface area contributed by atoms with Gasteiger partial charge in [-0.05, 0) is 23.8 Å². The number of ether oxygens (including phenoxy) is 1. The molecule has 0 fully saturated rings. The lowest BCUT2D eigenvalue weighted by Gasteiger charge is -2.12. The Hall–Kier alpha value is -3.45. The molecule has 0 N–H and O–H groups in total. The van der Waals surface area contributed by atoms with Crippen LogP contribution >= 0.6 is 11.6 Å². The van der Waals surface area contributed by atoms with Gasteiger partial charge in [-0.2, -0.15) is 0 Å². The van der Waals surface area contributed by atoms with E-state index < -0.39 is 0 Å². The summed E-state index contributed by atoms with van der Waals surface area (Å²) in [4.78, 5) is 9.30. The van der Waals surface area contributed by atoms with Crippen molar-refractivity contribution in [1.82, 2.24) is 24.5 Å².